The Kier molecular flexibility index (Phi) is 41.8. The maximum absolute atomic E-state index is 2.92. The molecule has 0 aromatic rings. The lowest BCUT2D eigenvalue weighted by Crippen LogP contribution is -2.12. The Hall–Kier alpha value is 1.21. The standard InChI is InChI=1S/C48H102P2S/c1-7-13-19-25-31-37-43-49(44-38-32-26-20-14-8-2,45-39-33-27-21-15-9-3)51-50(46-40-34-28-22-16-10-4,47-41-35-29-23-17-11-5)48-42-36-30-24-18-12-6/h7-48H2,1-6H3/q+2. The number of hydrogen-bond acceptors (Lipinski definition) is 1. The van der Waals surface area contributed by atoms with Gasteiger partial charge in [-0.1, -0.05) is 196 Å². The van der Waals surface area contributed by atoms with Crippen molar-refractivity contribution in [2.75, 3.05) is 37.0 Å². The summed E-state index contributed by atoms with van der Waals surface area (Å²) in [6.07, 6.45) is 63.3. The second-order valence-electron chi connectivity index (χ2n) is 17.1. The van der Waals surface area contributed by atoms with Gasteiger partial charge in [0.15, 0.2) is 11.0 Å². The van der Waals surface area contributed by atoms with Crippen molar-refractivity contribution in [1.82, 2.24) is 0 Å². The Labute approximate surface area is 332 Å². The number of hydrogen-bond donors (Lipinski definition) is 0. The third-order valence-electron chi connectivity index (χ3n) is 11.9. The normalized spacial score (nSPS) is 12.4. The van der Waals surface area contributed by atoms with Crippen LogP contribution in [-0.4, -0.2) is 37.0 Å². The van der Waals surface area contributed by atoms with E-state index >= 15 is 0 Å². The fourth-order valence-corrected chi connectivity index (χ4v) is 32.8. The van der Waals surface area contributed by atoms with Gasteiger partial charge in [0, 0.05) is 0 Å². The first-order valence-electron chi connectivity index (χ1n) is 24.5. The quantitative estimate of drug-likeness (QED) is 0.0439. The highest BCUT2D eigenvalue weighted by Crippen LogP contribution is 2.89. The first kappa shape index (κ1) is 52.2. The highest BCUT2D eigenvalue weighted by molar-refractivity contribution is 8.92. The van der Waals surface area contributed by atoms with E-state index in [1.165, 1.54) is 193 Å². The molecule has 0 heterocycles. The molecule has 0 N–H and O–H groups in total. The molecule has 0 aliphatic heterocycles. The van der Waals surface area contributed by atoms with Gasteiger partial charge in [-0.15, -0.1) is 0 Å². The maximum atomic E-state index is 2.92. The average molecular weight is 773 g/mol. The Morgan fingerprint density at radius 1 is 0.196 bits per heavy atom. The summed E-state index contributed by atoms with van der Waals surface area (Å²) in [6, 6.07) is 0. The van der Waals surface area contributed by atoms with Gasteiger partial charge < -0.3 is 0 Å². The molecule has 0 fully saturated rings. The van der Waals surface area contributed by atoms with Crippen LogP contribution in [0.5, 0.6) is 0 Å². The Morgan fingerprint density at radius 3 is 0.490 bits per heavy atom. The van der Waals surface area contributed by atoms with Crippen LogP contribution in [0, 0.1) is 0 Å². The van der Waals surface area contributed by atoms with Crippen LogP contribution >= 0.6 is 23.9 Å². The van der Waals surface area contributed by atoms with E-state index in [2.05, 4.69) is 52.5 Å². The lowest BCUT2D eigenvalue weighted by molar-refractivity contribution is 0.617. The zero-order chi connectivity index (χ0) is 37.4. The first-order chi connectivity index (χ1) is 25.1. The molecule has 0 unspecified atom stereocenters. The molecule has 0 bridgehead atoms. The predicted octanol–water partition coefficient (Wildman–Crippen LogP) is 19.7. The van der Waals surface area contributed by atoms with Gasteiger partial charge in [-0.2, -0.15) is 0 Å². The van der Waals surface area contributed by atoms with E-state index < -0.39 is 12.9 Å². The highest BCUT2D eigenvalue weighted by atomic mass is 33.1. The summed E-state index contributed by atoms with van der Waals surface area (Å²) < 4.78 is 0. The molecule has 51 heavy (non-hydrogen) atoms. The molecule has 0 nitrogen and oxygen atoms in total. The topological polar surface area (TPSA) is 0 Å². The van der Waals surface area contributed by atoms with Gasteiger partial charge in [0.2, 0.25) is 0 Å². The van der Waals surface area contributed by atoms with Crippen LogP contribution in [0.4, 0.5) is 0 Å². The minimum absolute atomic E-state index is 1.02. The summed E-state index contributed by atoms with van der Waals surface area (Å²) in [5.74, 6) is 0. The molecular formula is C48H102P2S+2. The summed E-state index contributed by atoms with van der Waals surface area (Å²) in [5.41, 5.74) is 0. The van der Waals surface area contributed by atoms with E-state index in [1.807, 2.05) is 0 Å². The van der Waals surface area contributed by atoms with Crippen molar-refractivity contribution >= 4 is 23.9 Å². The van der Waals surface area contributed by atoms with E-state index in [9.17, 15) is 0 Å². The van der Waals surface area contributed by atoms with Crippen LogP contribution in [0.15, 0.2) is 0 Å². The fraction of sp³-hybridized carbons (Fsp3) is 1.00. The summed E-state index contributed by atoms with van der Waals surface area (Å²) in [4.78, 5) is 0. The zero-order valence-corrected chi connectivity index (χ0v) is 39.6. The van der Waals surface area contributed by atoms with E-state index in [1.54, 1.807) is 75.5 Å². The average Bonchev–Trinajstić information content (AvgIpc) is 3.13. The van der Waals surface area contributed by atoms with Crippen LogP contribution in [0.1, 0.15) is 273 Å². The molecule has 0 radical (unpaired) electrons. The lowest BCUT2D eigenvalue weighted by Gasteiger charge is -2.33. The van der Waals surface area contributed by atoms with Crippen LogP contribution < -0.4 is 0 Å². The van der Waals surface area contributed by atoms with Crippen LogP contribution in [0.2, 0.25) is 0 Å². The van der Waals surface area contributed by atoms with Gasteiger partial charge in [-0.3, -0.25) is 0 Å². The molecule has 3 heteroatoms. The molecule has 0 aliphatic rings. The number of unbranched alkanes of at least 4 members (excludes halogenated alkanes) is 30. The molecule has 0 saturated heterocycles. The minimum atomic E-state index is -1.02. The van der Waals surface area contributed by atoms with Crippen molar-refractivity contribution in [2.45, 2.75) is 273 Å². The largest absolute Gasteiger partial charge is 0.185 e. The summed E-state index contributed by atoms with van der Waals surface area (Å²) in [5, 5.41) is 0. The van der Waals surface area contributed by atoms with Crippen molar-refractivity contribution < 1.29 is 0 Å². The Balaban J connectivity index is 6.35. The third-order valence-corrected chi connectivity index (χ3v) is 30.9. The summed E-state index contributed by atoms with van der Waals surface area (Å²) >= 11 is 2.92. The van der Waals surface area contributed by atoms with Crippen LogP contribution in [-0.2, 0) is 0 Å². The monoisotopic (exact) mass is 773 g/mol. The Bertz CT molecular complexity index is 516. The van der Waals surface area contributed by atoms with Crippen molar-refractivity contribution in [3.8, 4) is 0 Å². The fourth-order valence-electron chi connectivity index (χ4n) is 8.36. The maximum Gasteiger partial charge on any atom is 0.185 e. The molecule has 0 aromatic carbocycles. The molecule has 0 rings (SSSR count). The molecule has 0 saturated carbocycles. The molecule has 308 valence electrons. The van der Waals surface area contributed by atoms with Gasteiger partial charge in [0.1, 0.15) is 12.9 Å². The van der Waals surface area contributed by atoms with Crippen molar-refractivity contribution in [2.24, 2.45) is 0 Å². The molecule has 0 spiro atoms. The SMILES string of the molecule is CCCCCCCC[P+](CCCCCCCC)(CCCCCCCC)S[P+](CCCCCCCC)(CCCCCCCC)CCCCCCCC. The second-order valence-corrected chi connectivity index (χ2v) is 30.8. The lowest BCUT2D eigenvalue weighted by atomic mass is 10.1. The molecule has 0 aromatic heterocycles. The van der Waals surface area contributed by atoms with E-state index in [-0.39, 0.29) is 0 Å². The van der Waals surface area contributed by atoms with Crippen LogP contribution in [0.3, 0.4) is 0 Å². The van der Waals surface area contributed by atoms with Gasteiger partial charge in [-0.25, -0.2) is 0 Å². The van der Waals surface area contributed by atoms with Crippen molar-refractivity contribution in [3.05, 3.63) is 0 Å². The minimum Gasteiger partial charge on any atom is -0.0654 e. The van der Waals surface area contributed by atoms with Gasteiger partial charge >= 0.3 is 0 Å². The number of rotatable bonds is 44. The second kappa shape index (κ2) is 40.9. The highest BCUT2D eigenvalue weighted by Gasteiger charge is 2.53. The molecule has 0 atom stereocenters. The predicted molar refractivity (Wildman–Crippen MR) is 251 cm³/mol. The summed E-state index contributed by atoms with van der Waals surface area (Å²) in [7, 11) is 0. The Morgan fingerprint density at radius 2 is 0.333 bits per heavy atom. The van der Waals surface area contributed by atoms with E-state index in [0.29, 0.717) is 0 Å². The van der Waals surface area contributed by atoms with Gasteiger partial charge in [-0.05, 0) is 77.0 Å². The molecule has 0 amide bonds. The van der Waals surface area contributed by atoms with Gasteiger partial charge in [0.05, 0.1) is 37.0 Å². The molecule has 0 aliphatic carbocycles. The van der Waals surface area contributed by atoms with Crippen LogP contribution in [0.25, 0.3) is 0 Å². The van der Waals surface area contributed by atoms with E-state index in [4.69, 9.17) is 0 Å². The van der Waals surface area contributed by atoms with Crippen molar-refractivity contribution in [1.29, 1.82) is 0 Å². The summed E-state index contributed by atoms with van der Waals surface area (Å²) in [6.45, 7) is 12.3. The molecular weight excluding hydrogens is 671 g/mol. The van der Waals surface area contributed by atoms with E-state index in [0.717, 1.165) is 0 Å². The zero-order valence-electron chi connectivity index (χ0n) is 37.0. The third kappa shape index (κ3) is 33.1. The smallest absolute Gasteiger partial charge is 0.0654 e. The van der Waals surface area contributed by atoms with Gasteiger partial charge in [0.25, 0.3) is 0 Å². The first-order valence-corrected chi connectivity index (χ1v) is 31.2. The van der Waals surface area contributed by atoms with Crippen molar-refractivity contribution in [3.63, 3.8) is 0 Å².